The van der Waals surface area contributed by atoms with Crippen LogP contribution in [0.25, 0.3) is 0 Å². The molecule has 116 valence electrons. The summed E-state index contributed by atoms with van der Waals surface area (Å²) in [7, 11) is 0. The van der Waals surface area contributed by atoms with Crippen LogP contribution in [-0.2, 0) is 4.74 Å². The van der Waals surface area contributed by atoms with E-state index in [1.165, 1.54) is 29.7 Å². The van der Waals surface area contributed by atoms with Gasteiger partial charge in [-0.1, -0.05) is 60.7 Å². The number of hydrazone groups is 1. The molecule has 3 nitrogen and oxygen atoms in total. The van der Waals surface area contributed by atoms with Crippen molar-refractivity contribution in [2.45, 2.75) is 43.6 Å². The maximum atomic E-state index is 5.74. The van der Waals surface area contributed by atoms with E-state index in [1.54, 1.807) is 0 Å². The zero-order valence-electron chi connectivity index (χ0n) is 13.0. The van der Waals surface area contributed by atoms with E-state index in [1.807, 2.05) is 0 Å². The minimum absolute atomic E-state index is 0.303. The Kier molecular flexibility index (Phi) is 3.01. The van der Waals surface area contributed by atoms with Gasteiger partial charge >= 0.3 is 0 Å². The third-order valence-corrected chi connectivity index (χ3v) is 5.14. The van der Waals surface area contributed by atoms with E-state index in [9.17, 15) is 0 Å². The normalized spacial score (nSPS) is 33.4. The van der Waals surface area contributed by atoms with Gasteiger partial charge in [0.05, 0.1) is 23.9 Å². The predicted molar refractivity (Wildman–Crippen MR) is 90.2 cm³/mol. The molecule has 23 heavy (non-hydrogen) atoms. The van der Waals surface area contributed by atoms with Gasteiger partial charge in [0.15, 0.2) is 0 Å². The third kappa shape index (κ3) is 2.36. The zero-order valence-corrected chi connectivity index (χ0v) is 13.0. The highest BCUT2D eigenvalue weighted by Gasteiger charge is 2.52. The Bertz CT molecular complexity index is 682. The Morgan fingerprint density at radius 1 is 0.870 bits per heavy atom. The third-order valence-electron chi connectivity index (χ3n) is 5.14. The van der Waals surface area contributed by atoms with Gasteiger partial charge in [-0.2, -0.15) is 5.10 Å². The fraction of sp³-hybridized carbons (Fsp3) is 0.350. The second-order valence-electron chi connectivity index (χ2n) is 6.67. The van der Waals surface area contributed by atoms with Gasteiger partial charge in [0.1, 0.15) is 6.10 Å². The van der Waals surface area contributed by atoms with E-state index in [2.05, 4.69) is 65.7 Å². The summed E-state index contributed by atoms with van der Waals surface area (Å²) in [6, 6.07) is 22.1. The van der Waals surface area contributed by atoms with E-state index in [-0.39, 0.29) is 0 Å². The Morgan fingerprint density at radius 2 is 1.48 bits per heavy atom. The maximum Gasteiger partial charge on any atom is 0.124 e. The molecule has 1 saturated carbocycles. The number of nitrogens with zero attached hydrogens (tertiary/aromatic N) is 2. The average Bonchev–Trinajstić information content (AvgIpc) is 3.51. The average molecular weight is 304 g/mol. The summed E-state index contributed by atoms with van der Waals surface area (Å²) in [5, 5.41) is 7.28. The van der Waals surface area contributed by atoms with Gasteiger partial charge in [-0.15, -0.1) is 0 Å². The molecule has 4 atom stereocenters. The van der Waals surface area contributed by atoms with Crippen LogP contribution in [0.5, 0.6) is 0 Å². The van der Waals surface area contributed by atoms with Gasteiger partial charge < -0.3 is 4.74 Å². The molecule has 0 bridgehead atoms. The molecule has 0 spiro atoms. The summed E-state index contributed by atoms with van der Waals surface area (Å²) in [6.07, 6.45) is 4.25. The van der Waals surface area contributed by atoms with Crippen molar-refractivity contribution in [2.24, 2.45) is 5.10 Å². The first kappa shape index (κ1) is 13.3. The molecule has 0 aromatic heterocycles. The topological polar surface area (TPSA) is 27.9 Å². The van der Waals surface area contributed by atoms with E-state index >= 15 is 0 Å². The van der Waals surface area contributed by atoms with E-state index in [0.29, 0.717) is 24.3 Å². The molecule has 2 aromatic carbocycles. The van der Waals surface area contributed by atoms with Gasteiger partial charge in [-0.25, -0.2) is 0 Å². The van der Waals surface area contributed by atoms with Crippen molar-refractivity contribution in [3.8, 4) is 0 Å². The first-order valence-electron chi connectivity index (χ1n) is 8.53. The summed E-state index contributed by atoms with van der Waals surface area (Å²) >= 11 is 0. The molecule has 0 N–H and O–H groups in total. The lowest BCUT2D eigenvalue weighted by Gasteiger charge is -2.09. The Labute approximate surface area is 136 Å². The van der Waals surface area contributed by atoms with Crippen LogP contribution in [-0.4, -0.2) is 22.9 Å². The van der Waals surface area contributed by atoms with Crippen molar-refractivity contribution in [3.05, 3.63) is 71.8 Å². The first-order chi connectivity index (χ1) is 11.4. The minimum Gasteiger partial charge on any atom is -0.363 e. The van der Waals surface area contributed by atoms with E-state index in [4.69, 9.17) is 9.84 Å². The number of fused-ring (bicyclic) bond motifs is 1. The predicted octanol–water partition coefficient (Wildman–Crippen LogP) is 4.09. The van der Waals surface area contributed by atoms with Gasteiger partial charge in [0, 0.05) is 0 Å². The fourth-order valence-corrected chi connectivity index (χ4v) is 3.85. The van der Waals surface area contributed by atoms with E-state index in [0.717, 1.165) is 6.42 Å². The van der Waals surface area contributed by atoms with Crippen molar-refractivity contribution in [1.29, 1.82) is 0 Å². The molecule has 3 heteroatoms. The SMILES string of the molecule is c1ccc([C@H]2[C@H](c3ccccc3)N2/N=C2\CCCC3OC23)cc1. The largest absolute Gasteiger partial charge is 0.363 e. The van der Waals surface area contributed by atoms with Crippen molar-refractivity contribution >= 4 is 5.71 Å². The number of rotatable bonds is 3. The fourth-order valence-electron chi connectivity index (χ4n) is 3.85. The number of hydrogen-bond acceptors (Lipinski definition) is 3. The van der Waals surface area contributed by atoms with Crippen LogP contribution in [0.15, 0.2) is 65.8 Å². The second kappa shape index (κ2) is 5.20. The maximum absolute atomic E-state index is 5.74. The standard InChI is InChI=1S/C20H20N2O/c1-3-8-14(9-4-1)18-19(15-10-5-2-6-11-15)22(18)21-16-12-7-13-17-20(16)23-17/h1-6,8-11,17-20H,7,12-13H2/b21-16+/t17?,18-,19-,20?/m0/s1. The highest BCUT2D eigenvalue weighted by atomic mass is 16.6. The summed E-state index contributed by atoms with van der Waals surface area (Å²) < 4.78 is 5.74. The second-order valence-corrected chi connectivity index (χ2v) is 6.67. The van der Waals surface area contributed by atoms with Gasteiger partial charge in [-0.05, 0) is 30.4 Å². The van der Waals surface area contributed by atoms with Crippen molar-refractivity contribution in [3.63, 3.8) is 0 Å². The van der Waals surface area contributed by atoms with Crippen molar-refractivity contribution in [2.75, 3.05) is 0 Å². The molecule has 3 fully saturated rings. The smallest absolute Gasteiger partial charge is 0.124 e. The molecule has 0 radical (unpaired) electrons. The molecular formula is C20H20N2O. The van der Waals surface area contributed by atoms with E-state index < -0.39 is 0 Å². The lowest BCUT2D eigenvalue weighted by Crippen LogP contribution is -2.17. The zero-order chi connectivity index (χ0) is 15.2. The van der Waals surface area contributed by atoms with Crippen LogP contribution in [0.4, 0.5) is 0 Å². The molecular weight excluding hydrogens is 284 g/mol. The number of epoxide rings is 1. The summed E-state index contributed by atoms with van der Waals surface area (Å²) in [5.74, 6) is 0. The summed E-state index contributed by atoms with van der Waals surface area (Å²) in [5.41, 5.74) is 3.94. The molecule has 3 aliphatic rings. The number of hydrogen-bond donors (Lipinski definition) is 0. The highest BCUT2D eigenvalue weighted by Crippen LogP contribution is 2.55. The van der Waals surface area contributed by atoms with Gasteiger partial charge in [0.2, 0.25) is 0 Å². The molecule has 2 aromatic rings. The molecule has 2 heterocycles. The molecule has 2 saturated heterocycles. The lowest BCUT2D eigenvalue weighted by atomic mass is 9.99. The molecule has 1 aliphatic carbocycles. The first-order valence-corrected chi connectivity index (χ1v) is 8.53. The van der Waals surface area contributed by atoms with Crippen LogP contribution in [0, 0.1) is 0 Å². The van der Waals surface area contributed by atoms with Crippen molar-refractivity contribution in [1.82, 2.24) is 5.01 Å². The highest BCUT2D eigenvalue weighted by molar-refractivity contribution is 5.92. The molecule has 5 rings (SSSR count). The molecule has 2 unspecified atom stereocenters. The number of ether oxygens (including phenoxy) is 1. The van der Waals surface area contributed by atoms with Crippen LogP contribution < -0.4 is 0 Å². The Morgan fingerprint density at radius 3 is 2.09 bits per heavy atom. The van der Waals surface area contributed by atoms with Crippen LogP contribution >= 0.6 is 0 Å². The molecule has 2 aliphatic heterocycles. The quantitative estimate of drug-likeness (QED) is 0.799. The van der Waals surface area contributed by atoms with Crippen LogP contribution in [0.2, 0.25) is 0 Å². The van der Waals surface area contributed by atoms with Gasteiger partial charge in [0.25, 0.3) is 0 Å². The minimum atomic E-state index is 0.303. The Balaban J connectivity index is 1.47. The lowest BCUT2D eigenvalue weighted by molar-refractivity contribution is 0.388. The molecule has 0 amide bonds. The van der Waals surface area contributed by atoms with Crippen LogP contribution in [0.3, 0.4) is 0 Å². The monoisotopic (exact) mass is 304 g/mol. The van der Waals surface area contributed by atoms with Gasteiger partial charge in [-0.3, -0.25) is 5.01 Å². The summed E-state index contributed by atoms with van der Waals surface area (Å²) in [4.78, 5) is 0. The van der Waals surface area contributed by atoms with Crippen LogP contribution in [0.1, 0.15) is 42.5 Å². The summed E-state index contributed by atoms with van der Waals surface area (Å²) in [6.45, 7) is 0. The number of benzene rings is 2. The van der Waals surface area contributed by atoms with Crippen molar-refractivity contribution < 1.29 is 4.74 Å². The Hall–Kier alpha value is -2.13.